The lowest BCUT2D eigenvalue weighted by Gasteiger charge is -2.40. The van der Waals surface area contributed by atoms with Gasteiger partial charge in [0.2, 0.25) is 0 Å². The van der Waals surface area contributed by atoms with Crippen molar-refractivity contribution in [2.45, 2.75) is 61.4 Å². The third-order valence-electron chi connectivity index (χ3n) is 4.35. The van der Waals surface area contributed by atoms with Crippen molar-refractivity contribution in [2.75, 3.05) is 25.7 Å². The van der Waals surface area contributed by atoms with Crippen LogP contribution in [0.1, 0.15) is 0 Å². The molecule has 2 unspecified atom stereocenters. The lowest BCUT2D eigenvalue weighted by Crippen LogP contribution is -2.58. The zero-order valence-corrected chi connectivity index (χ0v) is 16.0. The van der Waals surface area contributed by atoms with Crippen LogP contribution in [0.5, 0.6) is 0 Å². The van der Waals surface area contributed by atoms with E-state index in [2.05, 4.69) is 0 Å². The minimum absolute atomic E-state index is 0.275. The molecule has 2 saturated heterocycles. The summed E-state index contributed by atoms with van der Waals surface area (Å²) in [6.07, 6.45) is -11.6. The van der Waals surface area contributed by atoms with E-state index in [1.165, 1.54) is 35.8 Å². The van der Waals surface area contributed by atoms with E-state index in [0.29, 0.717) is 0 Å². The van der Waals surface area contributed by atoms with E-state index in [4.69, 9.17) is 18.9 Å². The molecule has 0 aromatic rings. The predicted octanol–water partition coefficient (Wildman–Crippen LogP) is -2.72. The zero-order chi connectivity index (χ0) is 19.4. The van der Waals surface area contributed by atoms with E-state index < -0.39 is 61.4 Å². The second kappa shape index (κ2) is 10.2. The topological polar surface area (TPSA) is 158 Å². The van der Waals surface area contributed by atoms with Crippen molar-refractivity contribution in [1.82, 2.24) is 0 Å². The molecule has 0 bridgehead atoms. The summed E-state index contributed by atoms with van der Waals surface area (Å²) in [5.74, 6) is 0.550. The summed E-state index contributed by atoms with van der Waals surface area (Å²) in [7, 11) is 5.24. The Morgan fingerprint density at radius 2 is 0.962 bits per heavy atom. The van der Waals surface area contributed by atoms with Crippen LogP contribution >= 0.6 is 21.6 Å². The van der Waals surface area contributed by atoms with Gasteiger partial charge in [-0.15, -0.1) is 0 Å². The molecular formula is C14H26O10S2. The Morgan fingerprint density at radius 3 is 1.27 bits per heavy atom. The molecule has 0 aliphatic carbocycles. The molecule has 154 valence electrons. The molecule has 0 radical (unpaired) electrons. The summed E-state index contributed by atoms with van der Waals surface area (Å²) in [6, 6.07) is 0. The Hall–Kier alpha value is 0.300. The number of aliphatic hydroxyl groups is 6. The van der Waals surface area contributed by atoms with Gasteiger partial charge >= 0.3 is 0 Å². The van der Waals surface area contributed by atoms with E-state index in [1.807, 2.05) is 0 Å². The fourth-order valence-corrected chi connectivity index (χ4v) is 5.12. The molecule has 26 heavy (non-hydrogen) atoms. The Bertz CT molecular complexity index is 391. The fraction of sp³-hybridized carbons (Fsp3) is 1.00. The molecule has 2 fully saturated rings. The van der Waals surface area contributed by atoms with Crippen molar-refractivity contribution in [3.05, 3.63) is 0 Å². The first-order valence-electron chi connectivity index (χ1n) is 8.01. The van der Waals surface area contributed by atoms with Gasteiger partial charge in [-0.1, -0.05) is 21.6 Å². The molecule has 10 nitrogen and oxygen atoms in total. The lowest BCUT2D eigenvalue weighted by atomic mass is 10.00. The molecule has 2 aliphatic rings. The summed E-state index contributed by atoms with van der Waals surface area (Å²) >= 11 is 0. The Morgan fingerprint density at radius 1 is 0.615 bits per heavy atom. The highest BCUT2D eigenvalue weighted by atomic mass is 33.1. The maximum absolute atomic E-state index is 9.99. The highest BCUT2D eigenvalue weighted by Crippen LogP contribution is 2.32. The number of ether oxygens (including phenoxy) is 4. The minimum atomic E-state index is -1.38. The van der Waals surface area contributed by atoms with Crippen molar-refractivity contribution >= 4 is 21.6 Å². The number of hydrogen-bond donors (Lipinski definition) is 6. The monoisotopic (exact) mass is 418 g/mol. The van der Waals surface area contributed by atoms with Crippen molar-refractivity contribution in [2.24, 2.45) is 0 Å². The highest BCUT2D eigenvalue weighted by Gasteiger charge is 2.45. The van der Waals surface area contributed by atoms with Gasteiger partial charge in [-0.2, -0.15) is 0 Å². The number of rotatable bonds is 7. The fourth-order valence-electron chi connectivity index (χ4n) is 2.73. The third-order valence-corrected chi connectivity index (χ3v) is 6.76. The summed E-state index contributed by atoms with van der Waals surface area (Å²) in [6.45, 7) is 0. The highest BCUT2D eigenvalue weighted by molar-refractivity contribution is 8.76. The first-order chi connectivity index (χ1) is 12.3. The summed E-state index contributed by atoms with van der Waals surface area (Å²) in [5, 5.41) is 59.1. The van der Waals surface area contributed by atoms with Crippen molar-refractivity contribution in [1.29, 1.82) is 0 Å². The largest absolute Gasteiger partial charge is 0.388 e. The summed E-state index contributed by atoms with van der Waals surface area (Å²) in [5.41, 5.74) is 0. The molecule has 0 amide bonds. The molecule has 12 heteroatoms. The maximum atomic E-state index is 9.99. The normalized spacial score (nSPS) is 47.1. The van der Waals surface area contributed by atoms with Gasteiger partial charge in [0.05, 0.1) is 12.2 Å². The Balaban J connectivity index is 1.79. The van der Waals surface area contributed by atoms with Crippen molar-refractivity contribution in [3.63, 3.8) is 0 Å². The van der Waals surface area contributed by atoms with Gasteiger partial charge in [0, 0.05) is 25.7 Å². The van der Waals surface area contributed by atoms with E-state index in [9.17, 15) is 30.6 Å². The summed E-state index contributed by atoms with van der Waals surface area (Å²) in [4.78, 5) is 0. The van der Waals surface area contributed by atoms with E-state index in [0.717, 1.165) is 0 Å². The zero-order valence-electron chi connectivity index (χ0n) is 14.3. The second-order valence-electron chi connectivity index (χ2n) is 6.07. The van der Waals surface area contributed by atoms with Gasteiger partial charge in [0.25, 0.3) is 0 Å². The van der Waals surface area contributed by atoms with Gasteiger partial charge in [-0.25, -0.2) is 0 Å². The van der Waals surface area contributed by atoms with Crippen LogP contribution in [0, 0.1) is 0 Å². The van der Waals surface area contributed by atoms with Crippen LogP contribution in [-0.2, 0) is 18.9 Å². The predicted molar refractivity (Wildman–Crippen MR) is 92.3 cm³/mol. The van der Waals surface area contributed by atoms with Gasteiger partial charge in [-0.05, 0) is 0 Å². The van der Waals surface area contributed by atoms with Gasteiger partial charge in [-0.3, -0.25) is 0 Å². The number of methoxy groups -OCH3 is 2. The molecule has 6 N–H and O–H groups in total. The molecule has 0 saturated carbocycles. The standard InChI is InChI=1S/C14H26O10S2/c1-21-13-11(19)9(17)7(15)5(23-13)3-25-26-4-6-8(16)10(18)12(20)14(22-2)24-6/h5-20H,3-4H2,1-2H3/t5-,6-,7-,8-,9+,10+,11-,12-,13?,14?/m1/s1. The molecule has 2 heterocycles. The molecule has 2 aliphatic heterocycles. The van der Waals surface area contributed by atoms with Crippen molar-refractivity contribution in [3.8, 4) is 0 Å². The SMILES string of the molecule is COC1O[C@H](CSSC[C@H]2OC(OC)[C@H](O)[C@@H](O)[C@@H]2O)[C@@H](O)[C@H](O)[C@H]1O. The van der Waals surface area contributed by atoms with Crippen LogP contribution in [-0.4, -0.2) is 118 Å². The van der Waals surface area contributed by atoms with Crippen LogP contribution in [0.25, 0.3) is 0 Å². The lowest BCUT2D eigenvalue weighted by molar-refractivity contribution is -0.285. The molecule has 0 aromatic carbocycles. The van der Waals surface area contributed by atoms with E-state index in [1.54, 1.807) is 0 Å². The second-order valence-corrected chi connectivity index (χ2v) is 8.62. The first-order valence-corrected chi connectivity index (χ1v) is 10.5. The number of hydrogen-bond acceptors (Lipinski definition) is 12. The average Bonchev–Trinajstić information content (AvgIpc) is 2.64. The third kappa shape index (κ3) is 5.01. The van der Waals surface area contributed by atoms with Crippen molar-refractivity contribution < 1.29 is 49.6 Å². The first kappa shape index (κ1) is 22.6. The van der Waals surface area contributed by atoms with Gasteiger partial charge in [0.1, 0.15) is 36.6 Å². The number of aliphatic hydroxyl groups excluding tert-OH is 6. The van der Waals surface area contributed by atoms with Crippen LogP contribution in [0.3, 0.4) is 0 Å². The van der Waals surface area contributed by atoms with Crippen LogP contribution in [0.2, 0.25) is 0 Å². The van der Waals surface area contributed by atoms with Gasteiger partial charge in [0.15, 0.2) is 12.6 Å². The summed E-state index contributed by atoms with van der Waals surface area (Å²) < 4.78 is 20.7. The average molecular weight is 418 g/mol. The van der Waals surface area contributed by atoms with Gasteiger partial charge < -0.3 is 49.6 Å². The molecular weight excluding hydrogens is 392 g/mol. The molecule has 0 spiro atoms. The molecule has 2 rings (SSSR count). The molecule has 10 atom stereocenters. The minimum Gasteiger partial charge on any atom is -0.388 e. The van der Waals surface area contributed by atoms with Crippen LogP contribution in [0.15, 0.2) is 0 Å². The van der Waals surface area contributed by atoms with Crippen LogP contribution in [0.4, 0.5) is 0 Å². The quantitative estimate of drug-likeness (QED) is 0.188. The Kier molecular flexibility index (Phi) is 8.85. The maximum Gasteiger partial charge on any atom is 0.186 e. The molecule has 0 aromatic heterocycles. The van der Waals surface area contributed by atoms with E-state index in [-0.39, 0.29) is 11.5 Å². The van der Waals surface area contributed by atoms with E-state index >= 15 is 0 Å². The van der Waals surface area contributed by atoms with Crippen LogP contribution < -0.4 is 0 Å². The smallest absolute Gasteiger partial charge is 0.186 e. The Labute approximate surface area is 158 Å².